The molecule has 1 aromatic rings. The molecule has 2 N–H and O–H groups in total. The van der Waals surface area contributed by atoms with Crippen molar-refractivity contribution in [1.29, 1.82) is 0 Å². The van der Waals surface area contributed by atoms with Gasteiger partial charge in [-0.1, -0.05) is 18.2 Å². The number of carbonyl (C=O) groups excluding carboxylic acids is 1. The third-order valence-electron chi connectivity index (χ3n) is 2.81. The van der Waals surface area contributed by atoms with E-state index in [1.54, 1.807) is 13.8 Å². The van der Waals surface area contributed by atoms with Crippen LogP contribution in [-0.2, 0) is 21.8 Å². The lowest BCUT2D eigenvalue weighted by Gasteiger charge is -2.19. The zero-order valence-corrected chi connectivity index (χ0v) is 10.6. The van der Waals surface area contributed by atoms with Crippen molar-refractivity contribution in [3.05, 3.63) is 35.4 Å². The van der Waals surface area contributed by atoms with Gasteiger partial charge in [-0.05, 0) is 25.5 Å². The molecule has 0 radical (unpaired) electrons. The van der Waals surface area contributed by atoms with Gasteiger partial charge in [-0.25, -0.2) is 0 Å². The molecule has 2 rings (SSSR count). The lowest BCUT2D eigenvalue weighted by molar-refractivity contribution is -0.118. The molecule has 0 spiro atoms. The highest BCUT2D eigenvalue weighted by Crippen LogP contribution is 2.32. The second-order valence-corrected chi connectivity index (χ2v) is 6.07. The molecule has 2 atom stereocenters. The van der Waals surface area contributed by atoms with Crippen molar-refractivity contribution >= 4 is 17.3 Å². The number of aliphatic hydroxyl groups is 1. The van der Waals surface area contributed by atoms with E-state index in [1.165, 1.54) is 0 Å². The van der Waals surface area contributed by atoms with Gasteiger partial charge in [0, 0.05) is 5.56 Å². The Labute approximate surface area is 103 Å². The molecule has 1 saturated heterocycles. The fourth-order valence-electron chi connectivity index (χ4n) is 1.83. The minimum Gasteiger partial charge on any atom is -0.593 e. The van der Waals surface area contributed by atoms with Crippen LogP contribution in [0.5, 0.6) is 0 Å². The van der Waals surface area contributed by atoms with Gasteiger partial charge in [-0.15, -0.1) is 0 Å². The van der Waals surface area contributed by atoms with Crippen LogP contribution in [0.4, 0.5) is 0 Å². The minimum atomic E-state index is -1.36. The van der Waals surface area contributed by atoms with Crippen LogP contribution in [-0.4, -0.2) is 15.6 Å². The Balaban J connectivity index is 2.31. The van der Waals surface area contributed by atoms with Crippen molar-refractivity contribution in [1.82, 2.24) is 4.72 Å². The maximum absolute atomic E-state index is 11.7. The van der Waals surface area contributed by atoms with Crippen molar-refractivity contribution in [3.8, 4) is 0 Å². The lowest BCUT2D eigenvalue weighted by atomic mass is 9.95. The van der Waals surface area contributed by atoms with Crippen LogP contribution in [0.2, 0.25) is 0 Å². The quantitative estimate of drug-likeness (QED) is 0.776. The van der Waals surface area contributed by atoms with Crippen LogP contribution >= 0.6 is 0 Å². The highest BCUT2D eigenvalue weighted by Gasteiger charge is 2.37. The smallest absolute Gasteiger partial charge is 0.266 e. The van der Waals surface area contributed by atoms with Gasteiger partial charge in [0.2, 0.25) is 0 Å². The fraction of sp³-hybridized carbons (Fsp3) is 0.417. The maximum atomic E-state index is 11.7. The number of benzene rings is 1. The van der Waals surface area contributed by atoms with E-state index in [0.29, 0.717) is 0 Å². The standard InChI is InChI=1S/C12H15NO3S/c1-12(2,15)9-5-3-4-8(6-9)10-7-11(14)13-17(10)16/h3-6,10,15H,7H2,1-2H3,(H,13,14). The van der Waals surface area contributed by atoms with Crippen LogP contribution in [0, 0.1) is 0 Å². The highest BCUT2D eigenvalue weighted by atomic mass is 32.2. The van der Waals surface area contributed by atoms with Crippen molar-refractivity contribution in [2.75, 3.05) is 0 Å². The first kappa shape index (κ1) is 12.4. The fourth-order valence-corrected chi connectivity index (χ4v) is 2.98. The van der Waals surface area contributed by atoms with Crippen LogP contribution in [0.1, 0.15) is 36.6 Å². The molecule has 17 heavy (non-hydrogen) atoms. The van der Waals surface area contributed by atoms with E-state index < -0.39 is 17.0 Å². The van der Waals surface area contributed by atoms with Gasteiger partial charge in [0.05, 0.1) is 23.4 Å². The van der Waals surface area contributed by atoms with Crippen molar-refractivity contribution in [2.24, 2.45) is 0 Å². The maximum Gasteiger partial charge on any atom is 0.266 e. The van der Waals surface area contributed by atoms with Gasteiger partial charge >= 0.3 is 0 Å². The lowest BCUT2D eigenvalue weighted by Crippen LogP contribution is -2.22. The second kappa shape index (κ2) is 4.33. The Kier molecular flexibility index (Phi) is 3.16. The first-order valence-electron chi connectivity index (χ1n) is 5.41. The summed E-state index contributed by atoms with van der Waals surface area (Å²) in [5.41, 5.74) is 0.640. The Morgan fingerprint density at radius 2 is 2.24 bits per heavy atom. The normalized spacial score (nSPS) is 24.8. The topological polar surface area (TPSA) is 72.4 Å². The predicted molar refractivity (Wildman–Crippen MR) is 65.3 cm³/mol. The zero-order valence-electron chi connectivity index (χ0n) is 9.77. The predicted octanol–water partition coefficient (Wildman–Crippen LogP) is 1.14. The second-order valence-electron chi connectivity index (χ2n) is 4.70. The Morgan fingerprint density at radius 3 is 2.76 bits per heavy atom. The van der Waals surface area contributed by atoms with Gasteiger partial charge in [-0.3, -0.25) is 4.79 Å². The summed E-state index contributed by atoms with van der Waals surface area (Å²) in [5.74, 6) is -0.193. The van der Waals surface area contributed by atoms with Gasteiger partial charge in [0.1, 0.15) is 0 Å². The summed E-state index contributed by atoms with van der Waals surface area (Å²) in [6, 6.07) is 7.26. The number of carbonyl (C=O) groups is 1. The first-order chi connectivity index (χ1) is 7.88. The molecule has 92 valence electrons. The molecular formula is C12H15NO3S. The molecule has 1 amide bonds. The Morgan fingerprint density at radius 1 is 1.53 bits per heavy atom. The van der Waals surface area contributed by atoms with E-state index in [4.69, 9.17) is 0 Å². The monoisotopic (exact) mass is 253 g/mol. The third-order valence-corrected chi connectivity index (χ3v) is 4.19. The van der Waals surface area contributed by atoms with Gasteiger partial charge < -0.3 is 9.66 Å². The first-order valence-corrected chi connectivity index (χ1v) is 6.62. The summed E-state index contributed by atoms with van der Waals surface area (Å²) < 4.78 is 14.1. The van der Waals surface area contributed by atoms with E-state index in [9.17, 15) is 14.5 Å². The zero-order chi connectivity index (χ0) is 12.6. The molecule has 2 unspecified atom stereocenters. The Bertz CT molecular complexity index is 442. The number of hydrogen-bond acceptors (Lipinski definition) is 3. The average molecular weight is 253 g/mol. The van der Waals surface area contributed by atoms with E-state index in [1.807, 2.05) is 24.3 Å². The molecule has 5 heteroatoms. The number of rotatable bonds is 2. The van der Waals surface area contributed by atoms with Gasteiger partial charge in [0.25, 0.3) is 5.91 Å². The largest absolute Gasteiger partial charge is 0.593 e. The van der Waals surface area contributed by atoms with E-state index in [2.05, 4.69) is 4.72 Å². The molecule has 0 aliphatic carbocycles. The summed E-state index contributed by atoms with van der Waals surface area (Å²) >= 11 is -1.36. The minimum absolute atomic E-state index is 0.193. The molecule has 1 heterocycles. The van der Waals surface area contributed by atoms with Crippen LogP contribution in [0.3, 0.4) is 0 Å². The SMILES string of the molecule is CC(C)(O)c1cccc(C2CC(=O)N[S+]2[O-])c1. The van der Waals surface area contributed by atoms with Gasteiger partial charge in [0.15, 0.2) is 5.25 Å². The summed E-state index contributed by atoms with van der Waals surface area (Å²) in [7, 11) is 0. The molecule has 0 bridgehead atoms. The van der Waals surface area contributed by atoms with Crippen molar-refractivity contribution in [3.63, 3.8) is 0 Å². The number of amides is 1. The molecule has 4 nitrogen and oxygen atoms in total. The third kappa shape index (κ3) is 2.62. The highest BCUT2D eigenvalue weighted by molar-refractivity contribution is 7.90. The van der Waals surface area contributed by atoms with E-state index in [0.717, 1.165) is 11.1 Å². The van der Waals surface area contributed by atoms with Crippen molar-refractivity contribution < 1.29 is 14.5 Å². The Hall–Kier alpha value is -1.04. The number of nitrogens with one attached hydrogen (secondary N) is 1. The molecule has 1 aliphatic heterocycles. The molecule has 1 fully saturated rings. The van der Waals surface area contributed by atoms with E-state index in [-0.39, 0.29) is 17.6 Å². The average Bonchev–Trinajstić information content (AvgIpc) is 2.57. The van der Waals surface area contributed by atoms with Gasteiger partial charge in [-0.2, -0.15) is 4.72 Å². The number of hydrogen-bond donors (Lipinski definition) is 2. The molecule has 1 aromatic carbocycles. The van der Waals surface area contributed by atoms with Crippen LogP contribution in [0.25, 0.3) is 0 Å². The summed E-state index contributed by atoms with van der Waals surface area (Å²) in [5, 5.41) is 9.60. The van der Waals surface area contributed by atoms with Crippen LogP contribution < -0.4 is 4.72 Å². The summed E-state index contributed by atoms with van der Waals surface area (Å²) in [4.78, 5) is 11.2. The summed E-state index contributed by atoms with van der Waals surface area (Å²) in [6.45, 7) is 3.39. The van der Waals surface area contributed by atoms with E-state index >= 15 is 0 Å². The summed E-state index contributed by atoms with van der Waals surface area (Å²) in [6.07, 6.45) is 0.238. The molecular weight excluding hydrogens is 238 g/mol. The molecule has 0 saturated carbocycles. The van der Waals surface area contributed by atoms with Crippen molar-refractivity contribution in [2.45, 2.75) is 31.1 Å². The van der Waals surface area contributed by atoms with Crippen LogP contribution in [0.15, 0.2) is 24.3 Å². The molecule has 0 aromatic heterocycles. The molecule has 1 aliphatic rings.